The van der Waals surface area contributed by atoms with E-state index < -0.39 is 0 Å². The Hall–Kier alpha value is -1.02. The number of rotatable bonds is 4. The number of methoxy groups -OCH3 is 1. The molecule has 84 valence electrons. The molecule has 0 unspecified atom stereocenters. The van der Waals surface area contributed by atoms with Crippen LogP contribution >= 0.6 is 0 Å². The van der Waals surface area contributed by atoms with Gasteiger partial charge in [-0.05, 0) is 31.0 Å². The lowest BCUT2D eigenvalue weighted by Gasteiger charge is -2.15. The van der Waals surface area contributed by atoms with Crippen LogP contribution in [-0.4, -0.2) is 13.2 Å². The number of ether oxygens (including phenoxy) is 1. The summed E-state index contributed by atoms with van der Waals surface area (Å²) >= 11 is 0. The topological polar surface area (TPSA) is 21.3 Å². The SMILES string of the molecule is COc1cc(C)cc(C)c1CNC(C)C. The van der Waals surface area contributed by atoms with Gasteiger partial charge in [0.2, 0.25) is 0 Å². The summed E-state index contributed by atoms with van der Waals surface area (Å²) in [6, 6.07) is 4.78. The Labute approximate surface area is 92.6 Å². The Balaban J connectivity index is 2.93. The van der Waals surface area contributed by atoms with Crippen molar-refractivity contribution in [1.29, 1.82) is 0 Å². The van der Waals surface area contributed by atoms with Crippen LogP contribution in [-0.2, 0) is 6.54 Å². The number of hydrogen-bond acceptors (Lipinski definition) is 2. The van der Waals surface area contributed by atoms with E-state index in [-0.39, 0.29) is 0 Å². The van der Waals surface area contributed by atoms with Crippen molar-refractivity contribution in [3.63, 3.8) is 0 Å². The van der Waals surface area contributed by atoms with E-state index in [2.05, 4.69) is 45.1 Å². The minimum atomic E-state index is 0.496. The van der Waals surface area contributed by atoms with Gasteiger partial charge < -0.3 is 10.1 Å². The monoisotopic (exact) mass is 207 g/mol. The molecule has 0 heterocycles. The fourth-order valence-electron chi connectivity index (χ4n) is 1.67. The lowest BCUT2D eigenvalue weighted by Crippen LogP contribution is -2.22. The van der Waals surface area contributed by atoms with Crippen molar-refractivity contribution in [3.05, 3.63) is 28.8 Å². The summed E-state index contributed by atoms with van der Waals surface area (Å²) in [6.07, 6.45) is 0. The highest BCUT2D eigenvalue weighted by Crippen LogP contribution is 2.23. The molecule has 1 aromatic rings. The number of nitrogens with one attached hydrogen (secondary N) is 1. The van der Waals surface area contributed by atoms with Crippen molar-refractivity contribution in [3.8, 4) is 5.75 Å². The maximum atomic E-state index is 5.40. The Morgan fingerprint density at radius 2 is 1.93 bits per heavy atom. The van der Waals surface area contributed by atoms with E-state index in [1.54, 1.807) is 7.11 Å². The Morgan fingerprint density at radius 1 is 1.27 bits per heavy atom. The minimum absolute atomic E-state index is 0.496. The zero-order valence-electron chi connectivity index (χ0n) is 10.3. The van der Waals surface area contributed by atoms with Gasteiger partial charge in [-0.15, -0.1) is 0 Å². The fraction of sp³-hybridized carbons (Fsp3) is 0.538. The molecule has 0 saturated carbocycles. The minimum Gasteiger partial charge on any atom is -0.496 e. The van der Waals surface area contributed by atoms with Crippen LogP contribution in [0.5, 0.6) is 5.75 Å². The molecule has 0 aliphatic rings. The van der Waals surface area contributed by atoms with Gasteiger partial charge in [-0.25, -0.2) is 0 Å². The van der Waals surface area contributed by atoms with Gasteiger partial charge in [-0.2, -0.15) is 0 Å². The Bertz CT molecular complexity index is 332. The van der Waals surface area contributed by atoms with Crippen LogP contribution in [0.3, 0.4) is 0 Å². The van der Waals surface area contributed by atoms with E-state index >= 15 is 0 Å². The Morgan fingerprint density at radius 3 is 2.47 bits per heavy atom. The van der Waals surface area contributed by atoms with Crippen LogP contribution < -0.4 is 10.1 Å². The van der Waals surface area contributed by atoms with Crippen molar-refractivity contribution in [1.82, 2.24) is 5.32 Å². The standard InChI is InChI=1S/C13H21NO/c1-9(2)14-8-12-11(4)6-10(3)7-13(12)15-5/h6-7,9,14H,8H2,1-5H3. The predicted octanol–water partition coefficient (Wildman–Crippen LogP) is 2.81. The van der Waals surface area contributed by atoms with Gasteiger partial charge in [0.05, 0.1) is 7.11 Å². The smallest absolute Gasteiger partial charge is 0.123 e. The van der Waals surface area contributed by atoms with E-state index in [0.717, 1.165) is 12.3 Å². The average Bonchev–Trinajstić information content (AvgIpc) is 2.14. The third-order valence-corrected chi connectivity index (χ3v) is 2.48. The molecule has 0 bridgehead atoms. The second kappa shape index (κ2) is 5.17. The van der Waals surface area contributed by atoms with Crippen molar-refractivity contribution < 1.29 is 4.74 Å². The molecule has 1 rings (SSSR count). The van der Waals surface area contributed by atoms with Crippen molar-refractivity contribution >= 4 is 0 Å². The molecule has 0 amide bonds. The Kier molecular flexibility index (Phi) is 4.15. The van der Waals surface area contributed by atoms with Crippen LogP contribution in [0, 0.1) is 13.8 Å². The largest absolute Gasteiger partial charge is 0.496 e. The van der Waals surface area contributed by atoms with Crippen LogP contribution in [0.1, 0.15) is 30.5 Å². The summed E-state index contributed by atoms with van der Waals surface area (Å²) in [5, 5.41) is 3.42. The molecule has 0 radical (unpaired) electrons. The zero-order chi connectivity index (χ0) is 11.4. The lowest BCUT2D eigenvalue weighted by molar-refractivity contribution is 0.405. The highest BCUT2D eigenvalue weighted by Gasteiger charge is 2.07. The molecule has 0 aliphatic heterocycles. The van der Waals surface area contributed by atoms with Gasteiger partial charge in [-0.3, -0.25) is 0 Å². The first-order valence-corrected chi connectivity index (χ1v) is 5.42. The van der Waals surface area contributed by atoms with Crippen molar-refractivity contribution in [2.45, 2.75) is 40.3 Å². The van der Waals surface area contributed by atoms with Gasteiger partial charge >= 0.3 is 0 Å². The summed E-state index contributed by atoms with van der Waals surface area (Å²) in [5.74, 6) is 0.987. The fourth-order valence-corrected chi connectivity index (χ4v) is 1.67. The molecule has 0 atom stereocenters. The first-order chi connectivity index (χ1) is 7.04. The summed E-state index contributed by atoms with van der Waals surface area (Å²) < 4.78 is 5.40. The van der Waals surface area contributed by atoms with Crippen LogP contribution in [0.25, 0.3) is 0 Å². The van der Waals surface area contributed by atoms with Crippen molar-refractivity contribution in [2.24, 2.45) is 0 Å². The molecule has 0 fully saturated rings. The van der Waals surface area contributed by atoms with Crippen LogP contribution in [0.2, 0.25) is 0 Å². The molecule has 1 aromatic carbocycles. The summed E-state index contributed by atoms with van der Waals surface area (Å²) in [5.41, 5.74) is 3.80. The van der Waals surface area contributed by atoms with Gasteiger partial charge in [0.15, 0.2) is 0 Å². The molecule has 0 aliphatic carbocycles. The average molecular weight is 207 g/mol. The normalized spacial score (nSPS) is 10.8. The molecule has 1 N–H and O–H groups in total. The number of benzene rings is 1. The maximum absolute atomic E-state index is 5.40. The lowest BCUT2D eigenvalue weighted by atomic mass is 10.0. The predicted molar refractivity (Wildman–Crippen MR) is 64.4 cm³/mol. The summed E-state index contributed by atoms with van der Waals surface area (Å²) in [6.45, 7) is 9.39. The molecular formula is C13H21NO. The van der Waals surface area contributed by atoms with Crippen molar-refractivity contribution in [2.75, 3.05) is 7.11 Å². The van der Waals surface area contributed by atoms with Gasteiger partial charge in [0.1, 0.15) is 5.75 Å². The highest BCUT2D eigenvalue weighted by atomic mass is 16.5. The summed E-state index contributed by atoms with van der Waals surface area (Å²) in [7, 11) is 1.73. The number of aryl methyl sites for hydroxylation is 2. The van der Waals surface area contributed by atoms with Crippen LogP contribution in [0.4, 0.5) is 0 Å². The second-order valence-corrected chi connectivity index (χ2v) is 4.30. The van der Waals surface area contributed by atoms with E-state index in [9.17, 15) is 0 Å². The third-order valence-electron chi connectivity index (χ3n) is 2.48. The summed E-state index contributed by atoms with van der Waals surface area (Å²) in [4.78, 5) is 0. The quantitative estimate of drug-likeness (QED) is 0.819. The highest BCUT2D eigenvalue weighted by molar-refractivity contribution is 5.42. The van der Waals surface area contributed by atoms with Gasteiger partial charge in [-0.1, -0.05) is 19.9 Å². The van der Waals surface area contributed by atoms with E-state index in [0.29, 0.717) is 6.04 Å². The molecule has 2 nitrogen and oxygen atoms in total. The van der Waals surface area contributed by atoms with Gasteiger partial charge in [0, 0.05) is 18.2 Å². The third kappa shape index (κ3) is 3.24. The molecule has 0 spiro atoms. The van der Waals surface area contributed by atoms with E-state index in [4.69, 9.17) is 4.74 Å². The molecule has 0 saturated heterocycles. The molecule has 0 aromatic heterocycles. The van der Waals surface area contributed by atoms with Gasteiger partial charge in [0.25, 0.3) is 0 Å². The van der Waals surface area contributed by atoms with E-state index in [1.807, 2.05) is 0 Å². The number of hydrogen-bond donors (Lipinski definition) is 1. The van der Waals surface area contributed by atoms with Crippen LogP contribution in [0.15, 0.2) is 12.1 Å². The second-order valence-electron chi connectivity index (χ2n) is 4.30. The maximum Gasteiger partial charge on any atom is 0.123 e. The molecular weight excluding hydrogens is 186 g/mol. The molecule has 15 heavy (non-hydrogen) atoms. The van der Waals surface area contributed by atoms with E-state index in [1.165, 1.54) is 16.7 Å². The zero-order valence-corrected chi connectivity index (χ0v) is 10.3. The molecule has 2 heteroatoms. The first kappa shape index (κ1) is 12.1. The first-order valence-electron chi connectivity index (χ1n) is 5.42.